The number of nitro groups is 1. The molecule has 2 rings (SSSR count). The van der Waals surface area contributed by atoms with Gasteiger partial charge < -0.3 is 4.90 Å². The average molecular weight is 267 g/mol. The smallest absolute Gasteiger partial charge is 0.290 e. The molecule has 1 aliphatic rings. The van der Waals surface area contributed by atoms with Crippen LogP contribution in [-0.2, 0) is 0 Å². The normalized spacial score (nSPS) is 19.2. The minimum absolute atomic E-state index is 0.0966. The fourth-order valence-corrected chi connectivity index (χ4v) is 3.13. The number of nitrogens with zero attached hydrogens (tertiary/aromatic N) is 3. The zero-order valence-electron chi connectivity index (χ0n) is 10.6. The number of thioether (sulfide) groups is 1. The highest BCUT2D eigenvalue weighted by molar-refractivity contribution is 7.98. The van der Waals surface area contributed by atoms with Crippen molar-refractivity contribution in [1.82, 2.24) is 4.98 Å². The SMILES string of the molecule is CSCC1CCCN1c1ccc([N+](=O)[O-])c(C)n1. The molecule has 0 saturated carbocycles. The fraction of sp³-hybridized carbons (Fsp3) is 0.583. The molecule has 1 aromatic heterocycles. The summed E-state index contributed by atoms with van der Waals surface area (Å²) in [6.45, 7) is 2.69. The third-order valence-corrected chi connectivity index (χ3v) is 3.99. The lowest BCUT2D eigenvalue weighted by atomic mass is 10.2. The molecule has 0 aromatic carbocycles. The first-order valence-electron chi connectivity index (χ1n) is 6.01. The number of aromatic nitrogens is 1. The lowest BCUT2D eigenvalue weighted by molar-refractivity contribution is -0.385. The topological polar surface area (TPSA) is 59.3 Å². The first-order chi connectivity index (χ1) is 8.63. The van der Waals surface area contributed by atoms with Crippen LogP contribution >= 0.6 is 11.8 Å². The Hall–Kier alpha value is -1.30. The van der Waals surface area contributed by atoms with Gasteiger partial charge in [0.25, 0.3) is 5.69 Å². The highest BCUT2D eigenvalue weighted by atomic mass is 32.2. The first-order valence-corrected chi connectivity index (χ1v) is 7.40. The van der Waals surface area contributed by atoms with Gasteiger partial charge in [-0.25, -0.2) is 4.98 Å². The largest absolute Gasteiger partial charge is 0.353 e. The quantitative estimate of drug-likeness (QED) is 0.620. The van der Waals surface area contributed by atoms with E-state index in [-0.39, 0.29) is 10.6 Å². The number of rotatable bonds is 4. The zero-order valence-corrected chi connectivity index (χ0v) is 11.4. The third-order valence-electron chi connectivity index (χ3n) is 3.27. The molecular formula is C12H17N3O2S. The molecule has 0 N–H and O–H groups in total. The molecule has 0 aliphatic carbocycles. The molecule has 98 valence electrons. The maximum atomic E-state index is 10.8. The van der Waals surface area contributed by atoms with Crippen molar-refractivity contribution in [2.75, 3.05) is 23.5 Å². The van der Waals surface area contributed by atoms with Gasteiger partial charge in [0, 0.05) is 24.4 Å². The Bertz CT molecular complexity index is 453. The van der Waals surface area contributed by atoms with Crippen LogP contribution in [0.3, 0.4) is 0 Å². The van der Waals surface area contributed by atoms with Crippen molar-refractivity contribution in [1.29, 1.82) is 0 Å². The van der Waals surface area contributed by atoms with Crippen LogP contribution in [0, 0.1) is 17.0 Å². The van der Waals surface area contributed by atoms with Crippen LogP contribution in [0.15, 0.2) is 12.1 Å². The molecule has 6 heteroatoms. The minimum atomic E-state index is -0.379. The van der Waals surface area contributed by atoms with Crippen molar-refractivity contribution in [2.45, 2.75) is 25.8 Å². The van der Waals surface area contributed by atoms with Crippen LogP contribution in [0.2, 0.25) is 0 Å². The summed E-state index contributed by atoms with van der Waals surface area (Å²) in [6, 6.07) is 3.84. The van der Waals surface area contributed by atoms with Crippen molar-refractivity contribution < 1.29 is 4.92 Å². The molecular weight excluding hydrogens is 250 g/mol. The summed E-state index contributed by atoms with van der Waals surface area (Å²) in [7, 11) is 0. The number of hydrogen-bond donors (Lipinski definition) is 0. The van der Waals surface area contributed by atoms with Gasteiger partial charge in [-0.1, -0.05) is 0 Å². The summed E-state index contributed by atoms with van der Waals surface area (Å²) >= 11 is 1.83. The van der Waals surface area contributed by atoms with Gasteiger partial charge in [-0.3, -0.25) is 10.1 Å². The number of hydrogen-bond acceptors (Lipinski definition) is 5. The van der Waals surface area contributed by atoms with Gasteiger partial charge in [0.05, 0.1) is 4.92 Å². The van der Waals surface area contributed by atoms with Gasteiger partial charge in [-0.2, -0.15) is 11.8 Å². The second kappa shape index (κ2) is 5.56. The van der Waals surface area contributed by atoms with Gasteiger partial charge in [-0.05, 0) is 32.1 Å². The summed E-state index contributed by atoms with van der Waals surface area (Å²) in [4.78, 5) is 17.0. The maximum Gasteiger partial charge on any atom is 0.290 e. The molecule has 0 spiro atoms. The average Bonchev–Trinajstić information content (AvgIpc) is 2.77. The lowest BCUT2D eigenvalue weighted by Crippen LogP contribution is -2.31. The van der Waals surface area contributed by atoms with Gasteiger partial charge in [0.2, 0.25) is 0 Å². The predicted octanol–water partition coefficient (Wildman–Crippen LogP) is 2.63. The number of anilines is 1. The Morgan fingerprint density at radius 3 is 3.00 bits per heavy atom. The monoisotopic (exact) mass is 267 g/mol. The minimum Gasteiger partial charge on any atom is -0.353 e. The molecule has 18 heavy (non-hydrogen) atoms. The Labute approximate surface area is 111 Å². The summed E-state index contributed by atoms with van der Waals surface area (Å²) in [5.41, 5.74) is 0.590. The highest BCUT2D eigenvalue weighted by Crippen LogP contribution is 2.28. The predicted molar refractivity (Wildman–Crippen MR) is 74.4 cm³/mol. The molecule has 1 unspecified atom stereocenters. The van der Waals surface area contributed by atoms with Crippen LogP contribution in [0.25, 0.3) is 0 Å². The van der Waals surface area contributed by atoms with E-state index in [1.807, 2.05) is 11.8 Å². The van der Waals surface area contributed by atoms with E-state index in [0.29, 0.717) is 11.7 Å². The molecule has 0 bridgehead atoms. The lowest BCUT2D eigenvalue weighted by Gasteiger charge is -2.25. The third kappa shape index (κ3) is 2.58. The van der Waals surface area contributed by atoms with Crippen LogP contribution in [0.4, 0.5) is 11.5 Å². The van der Waals surface area contributed by atoms with E-state index < -0.39 is 0 Å². The van der Waals surface area contributed by atoms with Gasteiger partial charge in [0.1, 0.15) is 11.5 Å². The molecule has 0 radical (unpaired) electrons. The van der Waals surface area contributed by atoms with Gasteiger partial charge in [0.15, 0.2) is 0 Å². The second-order valence-corrected chi connectivity index (χ2v) is 5.39. The first kappa shape index (κ1) is 13.1. The Morgan fingerprint density at radius 1 is 1.61 bits per heavy atom. The van der Waals surface area contributed by atoms with E-state index in [1.54, 1.807) is 19.1 Å². The van der Waals surface area contributed by atoms with Crippen LogP contribution in [-0.4, -0.2) is 34.5 Å². The molecule has 1 atom stereocenters. The Balaban J connectivity index is 2.23. The van der Waals surface area contributed by atoms with Crippen molar-refractivity contribution >= 4 is 23.3 Å². The molecule has 1 aromatic rings. The molecule has 1 saturated heterocycles. The van der Waals surface area contributed by atoms with E-state index in [1.165, 1.54) is 12.8 Å². The van der Waals surface area contributed by atoms with Crippen molar-refractivity contribution in [3.8, 4) is 0 Å². The van der Waals surface area contributed by atoms with Gasteiger partial charge >= 0.3 is 0 Å². The van der Waals surface area contributed by atoms with Crippen LogP contribution < -0.4 is 4.90 Å². The van der Waals surface area contributed by atoms with Crippen LogP contribution in [0.1, 0.15) is 18.5 Å². The molecule has 5 nitrogen and oxygen atoms in total. The summed E-state index contributed by atoms with van der Waals surface area (Å²) < 4.78 is 0. The van der Waals surface area contributed by atoms with E-state index in [2.05, 4.69) is 16.1 Å². The summed E-state index contributed by atoms with van der Waals surface area (Å²) in [6.07, 6.45) is 4.45. The van der Waals surface area contributed by atoms with E-state index in [9.17, 15) is 10.1 Å². The molecule has 1 fully saturated rings. The summed E-state index contributed by atoms with van der Waals surface area (Å²) in [5, 5.41) is 10.8. The van der Waals surface area contributed by atoms with Crippen molar-refractivity contribution in [2.24, 2.45) is 0 Å². The number of pyridine rings is 1. The molecule has 0 amide bonds. The van der Waals surface area contributed by atoms with Crippen molar-refractivity contribution in [3.05, 3.63) is 27.9 Å². The van der Waals surface area contributed by atoms with Gasteiger partial charge in [-0.15, -0.1) is 0 Å². The Kier molecular flexibility index (Phi) is 4.06. The molecule has 2 heterocycles. The van der Waals surface area contributed by atoms with E-state index >= 15 is 0 Å². The zero-order chi connectivity index (χ0) is 13.1. The summed E-state index contributed by atoms with van der Waals surface area (Å²) in [5.74, 6) is 1.95. The number of aryl methyl sites for hydroxylation is 1. The maximum absolute atomic E-state index is 10.8. The standard InChI is InChI=1S/C12H17N3O2S/c1-9-11(15(16)17)5-6-12(13-9)14-7-3-4-10(14)8-18-2/h5-6,10H,3-4,7-8H2,1-2H3. The molecule has 1 aliphatic heterocycles. The van der Waals surface area contributed by atoms with E-state index in [0.717, 1.165) is 18.1 Å². The second-order valence-electron chi connectivity index (χ2n) is 4.48. The van der Waals surface area contributed by atoms with Crippen molar-refractivity contribution in [3.63, 3.8) is 0 Å². The highest BCUT2D eigenvalue weighted by Gasteiger charge is 2.26. The fourth-order valence-electron chi connectivity index (χ4n) is 2.40. The Morgan fingerprint density at radius 2 is 2.39 bits per heavy atom. The van der Waals surface area contributed by atoms with Crippen LogP contribution in [0.5, 0.6) is 0 Å². The van der Waals surface area contributed by atoms with E-state index in [4.69, 9.17) is 0 Å².